The summed E-state index contributed by atoms with van der Waals surface area (Å²) in [5.74, 6) is -0.540. The molecule has 1 fully saturated rings. The summed E-state index contributed by atoms with van der Waals surface area (Å²) >= 11 is 6.00. The van der Waals surface area contributed by atoms with E-state index in [9.17, 15) is 23.1 Å². The molecular weight excluding hydrogens is 512 g/mol. The molecular formula is C28H29ClN2O5S. The Morgan fingerprint density at radius 2 is 1.62 bits per heavy atom. The number of aliphatic hydroxyl groups excluding tert-OH is 1. The first-order chi connectivity index (χ1) is 17.5. The highest BCUT2D eigenvalue weighted by Gasteiger charge is 2.55. The highest BCUT2D eigenvalue weighted by atomic mass is 35.5. The van der Waals surface area contributed by atoms with Crippen molar-refractivity contribution in [1.82, 2.24) is 4.90 Å². The predicted molar refractivity (Wildman–Crippen MR) is 143 cm³/mol. The number of carbonyl (C=O) groups excluding carboxylic acids is 2. The quantitative estimate of drug-likeness (QED) is 0.466. The molecule has 2 N–H and O–H groups in total. The van der Waals surface area contributed by atoms with Crippen molar-refractivity contribution >= 4 is 38.8 Å². The SMILES string of the molecule is CCS(=O)(=O)c1ccc(CC(=O)Nc2ccc(C3(C)C(=O)[C@@H](O)[C@H](c4ccc(Cl)cc4)N3C)cc2)cc1. The summed E-state index contributed by atoms with van der Waals surface area (Å²) in [5.41, 5.74) is 1.68. The van der Waals surface area contributed by atoms with Gasteiger partial charge in [-0.05, 0) is 67.1 Å². The van der Waals surface area contributed by atoms with Crippen LogP contribution >= 0.6 is 11.6 Å². The van der Waals surface area contributed by atoms with Crippen LogP contribution in [0, 0.1) is 0 Å². The number of sulfone groups is 1. The van der Waals surface area contributed by atoms with Crippen molar-refractivity contribution in [3.05, 3.63) is 94.5 Å². The van der Waals surface area contributed by atoms with E-state index in [1.807, 2.05) is 4.90 Å². The van der Waals surface area contributed by atoms with Gasteiger partial charge >= 0.3 is 0 Å². The first-order valence-corrected chi connectivity index (χ1v) is 13.9. The van der Waals surface area contributed by atoms with Gasteiger partial charge in [0.15, 0.2) is 15.6 Å². The van der Waals surface area contributed by atoms with Crippen molar-refractivity contribution in [1.29, 1.82) is 0 Å². The first-order valence-electron chi connectivity index (χ1n) is 11.9. The Balaban J connectivity index is 1.46. The molecule has 0 aliphatic carbocycles. The molecule has 1 aliphatic heterocycles. The molecule has 3 aromatic carbocycles. The summed E-state index contributed by atoms with van der Waals surface area (Å²) in [7, 11) is -1.48. The van der Waals surface area contributed by atoms with E-state index in [4.69, 9.17) is 11.6 Å². The van der Waals surface area contributed by atoms with Crippen LogP contribution in [0.5, 0.6) is 0 Å². The zero-order valence-electron chi connectivity index (χ0n) is 20.8. The van der Waals surface area contributed by atoms with Crippen LogP contribution in [-0.2, 0) is 31.4 Å². The molecule has 37 heavy (non-hydrogen) atoms. The number of halogens is 1. The Morgan fingerprint density at radius 3 is 2.19 bits per heavy atom. The third kappa shape index (κ3) is 5.20. The number of ketones is 1. The summed E-state index contributed by atoms with van der Waals surface area (Å²) in [5, 5.41) is 14.2. The largest absolute Gasteiger partial charge is 0.383 e. The molecule has 0 spiro atoms. The van der Waals surface area contributed by atoms with Gasteiger partial charge in [0.25, 0.3) is 0 Å². The molecule has 1 heterocycles. The molecule has 1 unspecified atom stereocenters. The van der Waals surface area contributed by atoms with Gasteiger partial charge in [-0.25, -0.2) is 8.42 Å². The number of carbonyl (C=O) groups is 2. The van der Waals surface area contributed by atoms with Crippen LogP contribution in [0.3, 0.4) is 0 Å². The van der Waals surface area contributed by atoms with Gasteiger partial charge in [-0.3, -0.25) is 14.5 Å². The Bertz CT molecular complexity index is 1410. The van der Waals surface area contributed by atoms with Crippen LogP contribution in [0.4, 0.5) is 5.69 Å². The van der Waals surface area contributed by atoms with Crippen LogP contribution in [0.25, 0.3) is 0 Å². The number of nitrogens with one attached hydrogen (secondary N) is 1. The van der Waals surface area contributed by atoms with E-state index in [0.717, 1.165) is 5.56 Å². The molecule has 1 saturated heterocycles. The molecule has 9 heteroatoms. The van der Waals surface area contributed by atoms with E-state index in [1.165, 1.54) is 12.1 Å². The topological polar surface area (TPSA) is 104 Å². The molecule has 194 valence electrons. The average Bonchev–Trinajstić information content (AvgIpc) is 3.06. The Kier molecular flexibility index (Phi) is 7.57. The zero-order chi connectivity index (χ0) is 27.0. The number of hydrogen-bond acceptors (Lipinski definition) is 6. The number of likely N-dealkylation sites (N-methyl/N-ethyl adjacent to an activating group) is 1. The average molecular weight is 541 g/mol. The number of rotatable bonds is 7. The number of benzene rings is 3. The molecule has 1 aliphatic rings. The molecule has 0 saturated carbocycles. The van der Waals surface area contributed by atoms with Gasteiger partial charge in [0.2, 0.25) is 5.91 Å². The second-order valence-electron chi connectivity index (χ2n) is 9.34. The van der Waals surface area contributed by atoms with Crippen LogP contribution in [0.15, 0.2) is 77.7 Å². The zero-order valence-corrected chi connectivity index (χ0v) is 22.4. The minimum atomic E-state index is -3.29. The second kappa shape index (κ2) is 10.4. The number of anilines is 1. The van der Waals surface area contributed by atoms with E-state index in [2.05, 4.69) is 5.32 Å². The highest BCUT2D eigenvalue weighted by Crippen LogP contribution is 2.45. The molecule has 3 aromatic rings. The molecule has 7 nitrogen and oxygen atoms in total. The molecule has 0 bridgehead atoms. The van der Waals surface area contributed by atoms with Crippen LogP contribution < -0.4 is 5.32 Å². The van der Waals surface area contributed by atoms with Gasteiger partial charge in [-0.2, -0.15) is 0 Å². The molecule has 3 atom stereocenters. The molecule has 4 rings (SSSR count). The van der Waals surface area contributed by atoms with E-state index in [0.29, 0.717) is 21.8 Å². The molecule has 0 radical (unpaired) electrons. The predicted octanol–water partition coefficient (Wildman–Crippen LogP) is 4.15. The number of Topliss-reactive ketones (excluding diaryl/α,β-unsaturated/α-hetero) is 1. The lowest BCUT2D eigenvalue weighted by atomic mass is 9.87. The Morgan fingerprint density at radius 1 is 1.03 bits per heavy atom. The Hall–Kier alpha value is -3.04. The second-order valence-corrected chi connectivity index (χ2v) is 12.1. The number of aliphatic hydroxyl groups is 1. The maximum atomic E-state index is 13.2. The summed E-state index contributed by atoms with van der Waals surface area (Å²) in [6.45, 7) is 3.37. The lowest BCUT2D eigenvalue weighted by Crippen LogP contribution is -2.41. The number of amides is 1. The number of likely N-dealkylation sites (tertiary alicyclic amines) is 1. The molecule has 1 amide bonds. The van der Waals surface area contributed by atoms with E-state index in [-0.39, 0.29) is 28.8 Å². The monoisotopic (exact) mass is 540 g/mol. The fraction of sp³-hybridized carbons (Fsp3) is 0.286. The van der Waals surface area contributed by atoms with Gasteiger partial charge in [0.1, 0.15) is 11.6 Å². The Labute approximate surface area is 222 Å². The van der Waals surface area contributed by atoms with Gasteiger partial charge in [-0.15, -0.1) is 0 Å². The fourth-order valence-corrected chi connectivity index (χ4v) is 5.77. The van der Waals surface area contributed by atoms with Gasteiger partial charge < -0.3 is 10.4 Å². The van der Waals surface area contributed by atoms with Crippen LogP contribution in [0.2, 0.25) is 5.02 Å². The third-order valence-corrected chi connectivity index (χ3v) is 9.14. The minimum Gasteiger partial charge on any atom is -0.383 e. The fourth-order valence-electron chi connectivity index (χ4n) is 4.76. The van der Waals surface area contributed by atoms with Crippen molar-refractivity contribution in [3.63, 3.8) is 0 Å². The lowest BCUT2D eigenvalue weighted by Gasteiger charge is -2.34. The van der Waals surface area contributed by atoms with Crippen molar-refractivity contribution in [3.8, 4) is 0 Å². The van der Waals surface area contributed by atoms with Crippen molar-refractivity contribution in [2.45, 2.75) is 42.8 Å². The van der Waals surface area contributed by atoms with Crippen molar-refractivity contribution in [2.75, 3.05) is 18.1 Å². The third-order valence-electron chi connectivity index (χ3n) is 7.14. The van der Waals surface area contributed by atoms with E-state index in [1.54, 1.807) is 81.6 Å². The summed E-state index contributed by atoms with van der Waals surface area (Å²) in [4.78, 5) is 27.9. The van der Waals surface area contributed by atoms with Crippen LogP contribution in [-0.4, -0.2) is 49.0 Å². The van der Waals surface area contributed by atoms with Gasteiger partial charge in [0.05, 0.1) is 23.1 Å². The highest BCUT2D eigenvalue weighted by molar-refractivity contribution is 7.91. The van der Waals surface area contributed by atoms with Crippen molar-refractivity contribution in [2.24, 2.45) is 0 Å². The van der Waals surface area contributed by atoms with Crippen molar-refractivity contribution < 1.29 is 23.1 Å². The molecule has 0 aromatic heterocycles. The summed E-state index contributed by atoms with van der Waals surface area (Å²) in [6.07, 6.45) is -1.11. The smallest absolute Gasteiger partial charge is 0.228 e. The van der Waals surface area contributed by atoms with Gasteiger partial charge in [-0.1, -0.05) is 54.9 Å². The number of hydrogen-bond donors (Lipinski definition) is 2. The lowest BCUT2D eigenvalue weighted by molar-refractivity contribution is -0.130. The van der Waals surface area contributed by atoms with E-state index < -0.39 is 27.5 Å². The van der Waals surface area contributed by atoms with E-state index >= 15 is 0 Å². The maximum Gasteiger partial charge on any atom is 0.228 e. The standard InChI is InChI=1S/C28H29ClN2O5S/c1-4-37(35,36)23-15-5-18(6-16-23)17-24(32)30-22-13-9-20(10-14-22)28(2)27(34)26(33)25(31(28)3)19-7-11-21(29)12-8-19/h5-16,25-26,33H,4,17H2,1-3H3,(H,30,32)/t25-,26-,28?/m0/s1. The summed E-state index contributed by atoms with van der Waals surface area (Å²) in [6, 6.07) is 19.8. The summed E-state index contributed by atoms with van der Waals surface area (Å²) < 4.78 is 23.9. The normalized spacial score (nSPS) is 22.2. The maximum absolute atomic E-state index is 13.2. The van der Waals surface area contributed by atoms with Crippen LogP contribution in [0.1, 0.15) is 36.6 Å². The minimum absolute atomic E-state index is 0.0179. The van der Waals surface area contributed by atoms with Gasteiger partial charge in [0, 0.05) is 10.7 Å². The number of nitrogens with zero attached hydrogens (tertiary/aromatic N) is 1. The first kappa shape index (κ1) is 27.0.